The highest BCUT2D eigenvalue weighted by Crippen LogP contribution is 2.66. The van der Waals surface area contributed by atoms with Gasteiger partial charge in [-0.1, -0.05) is 30.6 Å². The van der Waals surface area contributed by atoms with Crippen molar-refractivity contribution in [3.05, 3.63) is 52.6 Å². The second-order valence-corrected chi connectivity index (χ2v) is 12.6. The molecule has 4 aliphatic carbocycles. The minimum absolute atomic E-state index is 0.0266. The number of aliphatic hydroxyl groups excluding tert-OH is 1. The molecule has 2 saturated carbocycles. The zero-order valence-electron chi connectivity index (χ0n) is 23.4. The van der Waals surface area contributed by atoms with Crippen LogP contribution in [-0.2, 0) is 14.3 Å². The summed E-state index contributed by atoms with van der Waals surface area (Å²) in [6.07, 6.45) is 8.01. The van der Waals surface area contributed by atoms with E-state index in [9.17, 15) is 14.7 Å². The van der Waals surface area contributed by atoms with Crippen molar-refractivity contribution in [1.29, 1.82) is 0 Å². The van der Waals surface area contributed by atoms with Gasteiger partial charge >= 0.3 is 0 Å². The summed E-state index contributed by atoms with van der Waals surface area (Å²) >= 11 is 0. The van der Waals surface area contributed by atoms with Gasteiger partial charge < -0.3 is 14.7 Å². The minimum Gasteiger partial charge on any atom is -0.384 e. The lowest BCUT2D eigenvalue weighted by Crippen LogP contribution is -2.45. The van der Waals surface area contributed by atoms with Gasteiger partial charge in [0.25, 0.3) is 0 Å². The van der Waals surface area contributed by atoms with Crippen LogP contribution in [-0.4, -0.2) is 49.6 Å². The molecule has 0 aromatic heterocycles. The average molecular weight is 528 g/mol. The maximum atomic E-state index is 12.9. The van der Waals surface area contributed by atoms with Gasteiger partial charge in [-0.05, 0) is 97.1 Å². The highest BCUT2D eigenvalue weighted by atomic mass is 16.5. The van der Waals surface area contributed by atoms with E-state index in [1.54, 1.807) is 12.5 Å². The number of carbonyl (C=O) groups excluding carboxylic acids is 2. The molecule has 5 heteroatoms. The summed E-state index contributed by atoms with van der Waals surface area (Å²) in [5.41, 5.74) is 6.70. The first-order valence-electron chi connectivity index (χ1n) is 14.9. The molecule has 6 rings (SSSR count). The summed E-state index contributed by atoms with van der Waals surface area (Å²) < 4.78 is 5.55. The number of benzene rings is 1. The molecule has 1 heterocycles. The fraction of sp³-hybridized carbons (Fsp3) is 0.588. The first kappa shape index (κ1) is 26.5. The van der Waals surface area contributed by atoms with Gasteiger partial charge in [0.15, 0.2) is 5.78 Å². The predicted octanol–water partition coefficient (Wildman–Crippen LogP) is 5.24. The first-order valence-corrected chi connectivity index (χ1v) is 14.9. The highest BCUT2D eigenvalue weighted by Gasteiger charge is 2.58. The van der Waals surface area contributed by atoms with E-state index in [1.165, 1.54) is 22.4 Å². The summed E-state index contributed by atoms with van der Waals surface area (Å²) in [6, 6.07) is 9.17. The lowest BCUT2D eigenvalue weighted by molar-refractivity contribution is -0.125. The number of carbonyl (C=O) groups is 2. The number of nitrogens with zero attached hydrogens (tertiary/aromatic N) is 1. The highest BCUT2D eigenvalue weighted by molar-refractivity contribution is 5.93. The molecule has 0 spiro atoms. The number of ketones is 2. The number of hydrogen-bond donors (Lipinski definition) is 1. The van der Waals surface area contributed by atoms with Crippen LogP contribution >= 0.6 is 0 Å². The number of hydrogen-bond acceptors (Lipinski definition) is 5. The average Bonchev–Trinajstić information content (AvgIpc) is 3.30. The second kappa shape index (κ2) is 10.7. The molecule has 5 aliphatic rings. The molecule has 206 valence electrons. The Morgan fingerprint density at radius 1 is 1.13 bits per heavy atom. The Morgan fingerprint density at radius 3 is 2.62 bits per heavy atom. The van der Waals surface area contributed by atoms with Crippen LogP contribution in [0.25, 0.3) is 0 Å². The summed E-state index contributed by atoms with van der Waals surface area (Å²) in [4.78, 5) is 27.9. The fourth-order valence-corrected chi connectivity index (χ4v) is 8.95. The van der Waals surface area contributed by atoms with Gasteiger partial charge in [-0.2, -0.15) is 0 Å². The quantitative estimate of drug-likeness (QED) is 0.543. The number of morpholine rings is 1. The fourth-order valence-electron chi connectivity index (χ4n) is 8.95. The number of aliphatic hydroxyl groups is 1. The molecule has 1 unspecified atom stereocenters. The molecule has 1 aromatic rings. The summed E-state index contributed by atoms with van der Waals surface area (Å²) in [6.45, 7) is 7.43. The molecule has 3 fully saturated rings. The summed E-state index contributed by atoms with van der Waals surface area (Å²) in [7, 11) is 0. The molecular weight excluding hydrogens is 486 g/mol. The smallest absolute Gasteiger partial charge is 0.156 e. The van der Waals surface area contributed by atoms with Crippen molar-refractivity contribution in [2.24, 2.45) is 29.1 Å². The molecule has 1 N–H and O–H groups in total. The van der Waals surface area contributed by atoms with Crippen molar-refractivity contribution in [2.75, 3.05) is 37.8 Å². The van der Waals surface area contributed by atoms with Crippen LogP contribution < -0.4 is 4.90 Å². The van der Waals surface area contributed by atoms with Crippen LogP contribution in [0.15, 0.2) is 47.1 Å². The van der Waals surface area contributed by atoms with Gasteiger partial charge in [-0.3, -0.25) is 9.59 Å². The Bertz CT molecular complexity index is 1260. The zero-order chi connectivity index (χ0) is 27.1. The van der Waals surface area contributed by atoms with E-state index in [0.717, 1.165) is 58.4 Å². The summed E-state index contributed by atoms with van der Waals surface area (Å²) in [5.74, 6) is 8.03. The van der Waals surface area contributed by atoms with Gasteiger partial charge in [0.2, 0.25) is 0 Å². The van der Waals surface area contributed by atoms with Crippen molar-refractivity contribution in [3.8, 4) is 11.8 Å². The monoisotopic (exact) mass is 527 g/mol. The van der Waals surface area contributed by atoms with E-state index in [0.29, 0.717) is 30.5 Å². The van der Waals surface area contributed by atoms with Crippen LogP contribution in [0.1, 0.15) is 70.3 Å². The number of anilines is 1. The molecular formula is C34H41NO4. The van der Waals surface area contributed by atoms with E-state index < -0.39 is 0 Å². The van der Waals surface area contributed by atoms with E-state index in [2.05, 4.69) is 47.9 Å². The lowest BCUT2D eigenvalue weighted by atomic mass is 9.50. The van der Waals surface area contributed by atoms with Crippen LogP contribution in [0.3, 0.4) is 0 Å². The van der Waals surface area contributed by atoms with Gasteiger partial charge in [0.05, 0.1) is 13.2 Å². The number of rotatable bonds is 4. The SMILES string of the molecule is CC(=O)[C@H]1CC[C@H]2[C@@H]3CC(CC#CCO)C4=CC(=O)CCC4=C3[C@@H](c3ccc(N4CCOCC4)cc3)C[C@]12C. The van der Waals surface area contributed by atoms with Crippen LogP contribution in [0, 0.1) is 40.9 Å². The third-order valence-electron chi connectivity index (χ3n) is 10.6. The maximum absolute atomic E-state index is 12.9. The Balaban J connectivity index is 1.45. The molecule has 0 amide bonds. The number of allylic oxidation sites excluding steroid dienone is 4. The van der Waals surface area contributed by atoms with Gasteiger partial charge in [-0.15, -0.1) is 5.92 Å². The van der Waals surface area contributed by atoms with Crippen molar-refractivity contribution in [3.63, 3.8) is 0 Å². The van der Waals surface area contributed by atoms with Gasteiger partial charge in [0, 0.05) is 43.5 Å². The Morgan fingerprint density at radius 2 is 1.90 bits per heavy atom. The first-order chi connectivity index (χ1) is 18.9. The third-order valence-corrected chi connectivity index (χ3v) is 10.6. The Kier molecular flexibility index (Phi) is 7.29. The standard InChI is InChI=1S/C34H41NO4/c1-22(37)31-12-13-32-29-19-24(5-3-4-16-36)28-20-26(38)10-11-27(28)33(29)30(21-34(31,32)2)23-6-8-25(9-7-23)35-14-17-39-18-15-35/h6-9,20,24,29-32,36H,5,10-19,21H2,1-2H3/t24?,29-,30+,31+,32-,34+/m0/s1. The summed E-state index contributed by atoms with van der Waals surface area (Å²) in [5, 5.41) is 9.27. The molecule has 1 aromatic carbocycles. The van der Waals surface area contributed by atoms with E-state index in [1.807, 2.05) is 6.08 Å². The Hall–Kier alpha value is -2.68. The van der Waals surface area contributed by atoms with Crippen molar-refractivity contribution in [1.82, 2.24) is 0 Å². The van der Waals surface area contributed by atoms with E-state index in [4.69, 9.17) is 4.74 Å². The molecule has 1 aliphatic heterocycles. The normalized spacial score (nSPS) is 33.9. The van der Waals surface area contributed by atoms with Crippen LogP contribution in [0.5, 0.6) is 0 Å². The Labute approximate surface area is 232 Å². The molecule has 1 saturated heterocycles. The molecule has 0 radical (unpaired) electrons. The number of Topliss-reactive ketones (excluding diaryl/α,β-unsaturated/α-hetero) is 1. The molecule has 6 atom stereocenters. The maximum Gasteiger partial charge on any atom is 0.156 e. The largest absolute Gasteiger partial charge is 0.384 e. The van der Waals surface area contributed by atoms with Gasteiger partial charge in [-0.25, -0.2) is 0 Å². The van der Waals surface area contributed by atoms with Crippen LogP contribution in [0.4, 0.5) is 5.69 Å². The lowest BCUT2D eigenvalue weighted by Gasteiger charge is -2.53. The van der Waals surface area contributed by atoms with E-state index >= 15 is 0 Å². The van der Waals surface area contributed by atoms with Crippen LogP contribution in [0.2, 0.25) is 0 Å². The predicted molar refractivity (Wildman–Crippen MR) is 152 cm³/mol. The molecule has 39 heavy (non-hydrogen) atoms. The minimum atomic E-state index is -0.133. The molecule has 5 nitrogen and oxygen atoms in total. The second-order valence-electron chi connectivity index (χ2n) is 12.6. The topological polar surface area (TPSA) is 66.8 Å². The van der Waals surface area contributed by atoms with E-state index in [-0.39, 0.29) is 35.6 Å². The molecule has 0 bridgehead atoms. The third kappa shape index (κ3) is 4.70. The van der Waals surface area contributed by atoms with Crippen molar-refractivity contribution < 1.29 is 19.4 Å². The van der Waals surface area contributed by atoms with Crippen molar-refractivity contribution >= 4 is 17.3 Å². The number of fused-ring (bicyclic) bond motifs is 4. The van der Waals surface area contributed by atoms with Gasteiger partial charge in [0.1, 0.15) is 12.4 Å². The zero-order valence-corrected chi connectivity index (χ0v) is 23.4. The number of ether oxygens (including phenoxy) is 1. The van der Waals surface area contributed by atoms with Crippen molar-refractivity contribution in [2.45, 2.75) is 64.7 Å².